The Labute approximate surface area is 186 Å². The molecule has 3 heterocycles. The summed E-state index contributed by atoms with van der Waals surface area (Å²) in [4.78, 5) is 19.7. The Morgan fingerprint density at radius 2 is 1.94 bits per heavy atom. The van der Waals surface area contributed by atoms with Crippen LogP contribution in [0.15, 0.2) is 73.1 Å². The van der Waals surface area contributed by atoms with Crippen molar-refractivity contribution in [3.63, 3.8) is 0 Å². The molecule has 1 aliphatic heterocycles. The molecule has 0 aliphatic carbocycles. The van der Waals surface area contributed by atoms with Crippen molar-refractivity contribution < 1.29 is 9.53 Å². The van der Waals surface area contributed by atoms with E-state index in [1.807, 2.05) is 24.3 Å². The monoisotopic (exact) mass is 427 g/mol. The maximum atomic E-state index is 12.9. The molecule has 0 atom stereocenters. The van der Waals surface area contributed by atoms with Crippen LogP contribution in [-0.4, -0.2) is 45.2 Å². The van der Waals surface area contributed by atoms with E-state index in [0.29, 0.717) is 17.1 Å². The molecule has 0 radical (unpaired) electrons. The summed E-state index contributed by atoms with van der Waals surface area (Å²) in [6.07, 6.45) is 5.25. The zero-order chi connectivity index (χ0) is 21.8. The lowest BCUT2D eigenvalue weighted by Crippen LogP contribution is -2.38. The van der Waals surface area contributed by atoms with Gasteiger partial charge in [0, 0.05) is 36.9 Å². The lowest BCUT2D eigenvalue weighted by Gasteiger charge is -2.32. The molecule has 2 aromatic carbocycles. The molecule has 32 heavy (non-hydrogen) atoms. The summed E-state index contributed by atoms with van der Waals surface area (Å²) in [6.45, 7) is 2.86. The number of carbonyl (C=O) groups is 1. The third-order valence-electron chi connectivity index (χ3n) is 5.78. The minimum absolute atomic E-state index is 0.0470. The molecule has 1 fully saturated rings. The highest BCUT2D eigenvalue weighted by molar-refractivity contribution is 6.06. The molecule has 0 bridgehead atoms. The van der Waals surface area contributed by atoms with Crippen LogP contribution in [0.1, 0.15) is 28.8 Å². The summed E-state index contributed by atoms with van der Waals surface area (Å²) < 4.78 is 6.19. The van der Waals surface area contributed by atoms with E-state index in [9.17, 15) is 4.79 Å². The Hall–Kier alpha value is -3.71. The van der Waals surface area contributed by atoms with Crippen LogP contribution in [0.25, 0.3) is 10.9 Å². The highest BCUT2D eigenvalue weighted by Crippen LogP contribution is 2.23. The number of carbonyl (C=O) groups excluding carboxylic acids is 1. The Morgan fingerprint density at radius 3 is 2.78 bits per heavy atom. The van der Waals surface area contributed by atoms with Gasteiger partial charge in [0.2, 0.25) is 5.88 Å². The Balaban J connectivity index is 1.21. The van der Waals surface area contributed by atoms with Crippen LogP contribution in [0.4, 0.5) is 5.69 Å². The van der Waals surface area contributed by atoms with E-state index < -0.39 is 0 Å². The first-order valence-electron chi connectivity index (χ1n) is 10.9. The third-order valence-corrected chi connectivity index (χ3v) is 5.78. The third kappa shape index (κ3) is 4.63. The number of fused-ring (bicyclic) bond motifs is 1. The predicted octanol–water partition coefficient (Wildman–Crippen LogP) is 4.25. The highest BCUT2D eigenvalue weighted by Gasteiger charge is 2.23. The van der Waals surface area contributed by atoms with Crippen LogP contribution in [0.5, 0.6) is 5.88 Å². The average Bonchev–Trinajstić information content (AvgIpc) is 3.29. The van der Waals surface area contributed by atoms with E-state index >= 15 is 0 Å². The smallest absolute Gasteiger partial charge is 0.261 e. The Bertz CT molecular complexity index is 1200. The number of likely N-dealkylation sites (tertiary alicyclic amines) is 1. The van der Waals surface area contributed by atoms with Crippen molar-refractivity contribution in [2.24, 2.45) is 0 Å². The minimum atomic E-state index is -0.238. The van der Waals surface area contributed by atoms with E-state index in [-0.39, 0.29) is 12.0 Å². The molecule has 1 saturated heterocycles. The molecule has 0 unspecified atom stereocenters. The maximum absolute atomic E-state index is 12.9. The second-order valence-electron chi connectivity index (χ2n) is 8.06. The van der Waals surface area contributed by atoms with Gasteiger partial charge in [-0.1, -0.05) is 30.3 Å². The quantitative estimate of drug-likeness (QED) is 0.481. The summed E-state index contributed by atoms with van der Waals surface area (Å²) >= 11 is 0. The molecule has 7 nitrogen and oxygen atoms in total. The summed E-state index contributed by atoms with van der Waals surface area (Å²) in [6, 6.07) is 19.6. The van der Waals surface area contributed by atoms with E-state index in [4.69, 9.17) is 4.74 Å². The molecule has 0 saturated carbocycles. The van der Waals surface area contributed by atoms with Gasteiger partial charge in [-0.25, -0.2) is 4.98 Å². The van der Waals surface area contributed by atoms with E-state index in [1.54, 1.807) is 24.5 Å². The minimum Gasteiger partial charge on any atom is -0.474 e. The molecule has 7 heteroatoms. The summed E-state index contributed by atoms with van der Waals surface area (Å²) in [7, 11) is 0. The van der Waals surface area contributed by atoms with Crippen LogP contribution in [0.2, 0.25) is 0 Å². The summed E-state index contributed by atoms with van der Waals surface area (Å²) in [5, 5.41) is 10.8. The largest absolute Gasteiger partial charge is 0.474 e. The number of aromatic nitrogens is 3. The number of rotatable bonds is 6. The van der Waals surface area contributed by atoms with Gasteiger partial charge in [-0.3, -0.25) is 14.8 Å². The number of hydrogen-bond donors (Lipinski definition) is 2. The van der Waals surface area contributed by atoms with Gasteiger partial charge in [0.25, 0.3) is 5.91 Å². The lowest BCUT2D eigenvalue weighted by atomic mass is 10.1. The van der Waals surface area contributed by atoms with Gasteiger partial charge in [-0.2, -0.15) is 5.10 Å². The number of pyridine rings is 1. The zero-order valence-corrected chi connectivity index (χ0v) is 17.7. The number of amides is 1. The first-order chi connectivity index (χ1) is 15.7. The first kappa shape index (κ1) is 20.2. The number of anilines is 1. The molecule has 2 N–H and O–H groups in total. The summed E-state index contributed by atoms with van der Waals surface area (Å²) in [5.41, 5.74) is 3.38. The standard InChI is InChI=1S/C25H25N5O2/c31-24(28-20-8-9-23-19(15-20)16-27-29-23)22-7-4-12-26-25(22)32-21-10-13-30(14-11-21)17-18-5-2-1-3-6-18/h1-9,12,15-16,21H,10-11,13-14,17H2,(H,27,29)(H,28,31). The van der Waals surface area contributed by atoms with Crippen LogP contribution in [0, 0.1) is 0 Å². The number of aromatic amines is 1. The van der Waals surface area contributed by atoms with Crippen LogP contribution in [-0.2, 0) is 6.54 Å². The first-order valence-corrected chi connectivity index (χ1v) is 10.9. The number of benzene rings is 2. The molecule has 162 valence electrons. The highest BCUT2D eigenvalue weighted by atomic mass is 16.5. The maximum Gasteiger partial charge on any atom is 0.261 e. The van der Waals surface area contributed by atoms with Gasteiger partial charge in [0.05, 0.1) is 11.7 Å². The van der Waals surface area contributed by atoms with Crippen molar-refractivity contribution in [3.05, 3.63) is 84.2 Å². The second-order valence-corrected chi connectivity index (χ2v) is 8.06. The van der Waals surface area contributed by atoms with Crippen LogP contribution < -0.4 is 10.1 Å². The van der Waals surface area contributed by atoms with Gasteiger partial charge >= 0.3 is 0 Å². The fourth-order valence-corrected chi connectivity index (χ4v) is 4.06. The van der Waals surface area contributed by atoms with Crippen LogP contribution in [0.3, 0.4) is 0 Å². The molecule has 1 amide bonds. The van der Waals surface area contributed by atoms with Gasteiger partial charge in [-0.05, 0) is 48.7 Å². The lowest BCUT2D eigenvalue weighted by molar-refractivity contribution is 0.0895. The fraction of sp³-hybridized carbons (Fsp3) is 0.240. The second kappa shape index (κ2) is 9.20. The topological polar surface area (TPSA) is 83.1 Å². The van der Waals surface area contributed by atoms with Crippen molar-refractivity contribution in [2.75, 3.05) is 18.4 Å². The Kier molecular flexibility index (Phi) is 5.81. The molecular formula is C25H25N5O2. The van der Waals surface area contributed by atoms with Crippen molar-refractivity contribution in [1.29, 1.82) is 0 Å². The molecule has 4 aromatic rings. The molecule has 0 spiro atoms. The van der Waals surface area contributed by atoms with E-state index in [0.717, 1.165) is 43.4 Å². The van der Waals surface area contributed by atoms with Gasteiger partial charge in [0.1, 0.15) is 11.7 Å². The predicted molar refractivity (Wildman–Crippen MR) is 124 cm³/mol. The van der Waals surface area contributed by atoms with Gasteiger partial charge < -0.3 is 10.1 Å². The van der Waals surface area contributed by atoms with Crippen molar-refractivity contribution >= 4 is 22.5 Å². The number of ether oxygens (including phenoxy) is 1. The number of hydrogen-bond acceptors (Lipinski definition) is 5. The van der Waals surface area contributed by atoms with Crippen molar-refractivity contribution in [1.82, 2.24) is 20.1 Å². The number of nitrogens with zero attached hydrogens (tertiary/aromatic N) is 3. The van der Waals surface area contributed by atoms with Crippen LogP contribution >= 0.6 is 0 Å². The molecule has 2 aromatic heterocycles. The zero-order valence-electron chi connectivity index (χ0n) is 17.7. The number of H-pyrrole nitrogens is 1. The fourth-order valence-electron chi connectivity index (χ4n) is 4.06. The SMILES string of the molecule is O=C(Nc1ccc2[nH]ncc2c1)c1cccnc1OC1CCN(Cc2ccccc2)CC1. The van der Waals surface area contributed by atoms with Gasteiger partial charge in [-0.15, -0.1) is 0 Å². The Morgan fingerprint density at radius 1 is 1.09 bits per heavy atom. The van der Waals surface area contributed by atoms with Crippen molar-refractivity contribution in [3.8, 4) is 5.88 Å². The molecule has 1 aliphatic rings. The van der Waals surface area contributed by atoms with E-state index in [1.165, 1.54) is 5.56 Å². The van der Waals surface area contributed by atoms with Gasteiger partial charge in [0.15, 0.2) is 0 Å². The summed E-state index contributed by atoms with van der Waals surface area (Å²) in [5.74, 6) is 0.147. The number of nitrogens with one attached hydrogen (secondary N) is 2. The molecular weight excluding hydrogens is 402 g/mol. The number of piperidine rings is 1. The average molecular weight is 428 g/mol. The molecule has 5 rings (SSSR count). The van der Waals surface area contributed by atoms with Crippen molar-refractivity contribution in [2.45, 2.75) is 25.5 Å². The van der Waals surface area contributed by atoms with E-state index in [2.05, 4.69) is 49.7 Å². The normalized spacial score (nSPS) is 15.0.